The first-order valence-corrected chi connectivity index (χ1v) is 15.8. The quantitative estimate of drug-likeness (QED) is 0.220. The molecule has 4 heterocycles. The summed E-state index contributed by atoms with van der Waals surface area (Å²) >= 11 is 0. The third kappa shape index (κ3) is 6.85. The molecule has 46 heavy (non-hydrogen) atoms. The Morgan fingerprint density at radius 1 is 1.02 bits per heavy atom. The Kier molecular flexibility index (Phi) is 9.93. The Balaban J connectivity index is 1.14. The van der Waals surface area contributed by atoms with Crippen LogP contribution in [0.5, 0.6) is 11.5 Å². The van der Waals surface area contributed by atoms with Gasteiger partial charge >= 0.3 is 0 Å². The Labute approximate surface area is 269 Å². The van der Waals surface area contributed by atoms with Gasteiger partial charge in [0.1, 0.15) is 5.69 Å². The van der Waals surface area contributed by atoms with Gasteiger partial charge in [-0.1, -0.05) is 0 Å². The Morgan fingerprint density at radius 3 is 2.52 bits per heavy atom. The van der Waals surface area contributed by atoms with E-state index in [0.717, 1.165) is 18.4 Å². The number of aryl methyl sites for hydroxylation is 2. The summed E-state index contributed by atoms with van der Waals surface area (Å²) in [6.45, 7) is 6.06. The van der Waals surface area contributed by atoms with Gasteiger partial charge in [0.2, 0.25) is 5.91 Å². The van der Waals surface area contributed by atoms with Crippen molar-refractivity contribution in [2.45, 2.75) is 52.0 Å². The smallest absolute Gasteiger partial charge is 0.270 e. The molecular weight excluding hydrogens is 588 g/mol. The standard InChI is InChI=1S/C34H42N6O6/c1-6-39(7-2)34(44)28-14-22(20-37(28)3)15-29(41)27-16-23(21-38(27)4)36-32(42)11-9-13-46-31-18-26-25(17-30(31)45-5)33(43)40-12-8-10-24(40)19-35-26/h14,16-21,24H,6-13,15H2,1-5H3,(H,36,42)/t24-/m0/s1. The van der Waals surface area contributed by atoms with Gasteiger partial charge in [-0.25, -0.2) is 0 Å². The molecule has 2 aromatic heterocycles. The average Bonchev–Trinajstić information content (AvgIpc) is 3.74. The maximum Gasteiger partial charge on any atom is 0.270 e. The summed E-state index contributed by atoms with van der Waals surface area (Å²) in [5.74, 6) is 0.448. The number of aliphatic imine (C=N–C) groups is 1. The molecule has 3 aromatic rings. The lowest BCUT2D eigenvalue weighted by Gasteiger charge is -2.20. The van der Waals surface area contributed by atoms with E-state index in [4.69, 9.17) is 9.47 Å². The molecular formula is C34H42N6O6. The lowest BCUT2D eigenvalue weighted by Crippen LogP contribution is -2.35. The fourth-order valence-electron chi connectivity index (χ4n) is 6.06. The van der Waals surface area contributed by atoms with Crippen molar-refractivity contribution in [3.05, 3.63) is 59.2 Å². The molecule has 2 aliphatic rings. The van der Waals surface area contributed by atoms with Crippen molar-refractivity contribution in [1.29, 1.82) is 0 Å². The Hall–Kier alpha value is -4.87. The molecule has 12 heteroatoms. The molecule has 1 saturated heterocycles. The zero-order valence-electron chi connectivity index (χ0n) is 27.2. The lowest BCUT2D eigenvalue weighted by molar-refractivity contribution is -0.116. The topological polar surface area (TPSA) is 127 Å². The number of Topliss-reactive ketones (excluding diaryl/α,β-unsaturated/α-hetero) is 1. The number of carbonyl (C=O) groups is 4. The van der Waals surface area contributed by atoms with E-state index in [-0.39, 0.29) is 49.0 Å². The van der Waals surface area contributed by atoms with Gasteiger partial charge in [0, 0.05) is 71.2 Å². The minimum Gasteiger partial charge on any atom is -0.493 e. The summed E-state index contributed by atoms with van der Waals surface area (Å²) in [6.07, 6.45) is 7.97. The first-order chi connectivity index (χ1) is 22.1. The van der Waals surface area contributed by atoms with Gasteiger partial charge in [0.15, 0.2) is 17.3 Å². The van der Waals surface area contributed by atoms with Crippen LogP contribution in [-0.4, -0.2) is 88.0 Å². The highest BCUT2D eigenvalue weighted by Gasteiger charge is 2.32. The first kappa shape index (κ1) is 32.5. The molecule has 1 fully saturated rings. The molecule has 2 aliphatic heterocycles. The van der Waals surface area contributed by atoms with Crippen molar-refractivity contribution in [2.75, 3.05) is 38.7 Å². The van der Waals surface area contributed by atoms with E-state index in [0.29, 0.717) is 65.9 Å². The van der Waals surface area contributed by atoms with Crippen molar-refractivity contribution < 1.29 is 28.7 Å². The van der Waals surface area contributed by atoms with Crippen LogP contribution >= 0.6 is 0 Å². The number of amides is 3. The number of methoxy groups -OCH3 is 1. The van der Waals surface area contributed by atoms with E-state index in [2.05, 4.69) is 10.3 Å². The molecule has 0 unspecified atom stereocenters. The SMILES string of the molecule is CCN(CC)C(=O)c1cc(CC(=O)c2cc(NC(=O)CCCOc3cc4c(cc3OC)C(=O)N3CCC[C@H]3C=N4)cn2C)cn1C. The Morgan fingerprint density at radius 2 is 1.78 bits per heavy atom. The van der Waals surface area contributed by atoms with Crippen LogP contribution in [0.3, 0.4) is 0 Å². The molecule has 0 saturated carbocycles. The third-order valence-electron chi connectivity index (χ3n) is 8.53. The van der Waals surface area contributed by atoms with Crippen molar-refractivity contribution in [3.8, 4) is 11.5 Å². The summed E-state index contributed by atoms with van der Waals surface area (Å²) < 4.78 is 14.9. The number of nitrogens with zero attached hydrogens (tertiary/aromatic N) is 5. The van der Waals surface area contributed by atoms with Crippen molar-refractivity contribution in [1.82, 2.24) is 18.9 Å². The van der Waals surface area contributed by atoms with Crippen molar-refractivity contribution in [3.63, 3.8) is 0 Å². The number of rotatable bonds is 13. The second kappa shape index (κ2) is 14.1. The van der Waals surface area contributed by atoms with Gasteiger partial charge in [-0.05, 0) is 56.9 Å². The predicted octanol–water partition coefficient (Wildman–Crippen LogP) is 4.40. The summed E-state index contributed by atoms with van der Waals surface area (Å²) in [4.78, 5) is 59.9. The van der Waals surface area contributed by atoms with Crippen LogP contribution in [0.25, 0.3) is 0 Å². The van der Waals surface area contributed by atoms with Gasteiger partial charge in [-0.15, -0.1) is 0 Å². The fraction of sp³-hybridized carbons (Fsp3) is 0.441. The van der Waals surface area contributed by atoms with Gasteiger partial charge in [-0.2, -0.15) is 0 Å². The molecule has 0 spiro atoms. The number of fused-ring (bicyclic) bond motifs is 2. The number of benzene rings is 1. The van der Waals surface area contributed by atoms with E-state index in [1.165, 1.54) is 7.11 Å². The highest BCUT2D eigenvalue weighted by molar-refractivity contribution is 6.03. The number of aromatic nitrogens is 2. The largest absolute Gasteiger partial charge is 0.493 e. The Bertz CT molecular complexity index is 1670. The molecule has 0 aliphatic carbocycles. The van der Waals surface area contributed by atoms with Crippen LogP contribution in [0.2, 0.25) is 0 Å². The second-order valence-electron chi connectivity index (χ2n) is 11.7. The molecule has 3 amide bonds. The molecule has 12 nitrogen and oxygen atoms in total. The van der Waals surface area contributed by atoms with Crippen molar-refractivity contribution in [2.24, 2.45) is 19.1 Å². The molecule has 0 radical (unpaired) electrons. The molecule has 244 valence electrons. The van der Waals surface area contributed by atoms with Crippen LogP contribution < -0.4 is 14.8 Å². The number of hydrogen-bond acceptors (Lipinski definition) is 7. The zero-order chi connectivity index (χ0) is 33.0. The van der Waals surface area contributed by atoms with Gasteiger partial charge in [0.05, 0.1) is 42.4 Å². The van der Waals surface area contributed by atoms with E-state index in [9.17, 15) is 19.2 Å². The summed E-state index contributed by atoms with van der Waals surface area (Å²) in [5, 5.41) is 2.86. The molecule has 0 bridgehead atoms. The maximum atomic E-state index is 13.2. The first-order valence-electron chi connectivity index (χ1n) is 15.8. The minimum atomic E-state index is -0.208. The monoisotopic (exact) mass is 630 g/mol. The number of carbonyl (C=O) groups excluding carboxylic acids is 4. The highest BCUT2D eigenvalue weighted by Crippen LogP contribution is 2.38. The third-order valence-corrected chi connectivity index (χ3v) is 8.53. The number of hydrogen-bond donors (Lipinski definition) is 1. The summed E-state index contributed by atoms with van der Waals surface area (Å²) in [6, 6.07) is 6.83. The molecule has 1 N–H and O–H groups in total. The van der Waals surface area contributed by atoms with Crippen LogP contribution in [0.1, 0.15) is 76.4 Å². The van der Waals surface area contributed by atoms with Crippen LogP contribution in [0.15, 0.2) is 41.7 Å². The van der Waals surface area contributed by atoms with Crippen molar-refractivity contribution >= 4 is 41.1 Å². The summed E-state index contributed by atoms with van der Waals surface area (Å²) in [7, 11) is 5.08. The second-order valence-corrected chi connectivity index (χ2v) is 11.7. The fourth-order valence-corrected chi connectivity index (χ4v) is 6.06. The predicted molar refractivity (Wildman–Crippen MR) is 175 cm³/mol. The van der Waals surface area contributed by atoms with E-state index < -0.39 is 0 Å². The number of nitrogens with one attached hydrogen (secondary N) is 1. The average molecular weight is 631 g/mol. The minimum absolute atomic E-state index is 0.0132. The van der Waals surface area contributed by atoms with E-state index >= 15 is 0 Å². The van der Waals surface area contributed by atoms with E-state index in [1.807, 2.05) is 25.0 Å². The van der Waals surface area contributed by atoms with Crippen LogP contribution in [0.4, 0.5) is 11.4 Å². The lowest BCUT2D eigenvalue weighted by atomic mass is 10.1. The number of ketones is 1. The number of ether oxygens (including phenoxy) is 2. The van der Waals surface area contributed by atoms with Gasteiger partial charge in [-0.3, -0.25) is 24.2 Å². The maximum absolute atomic E-state index is 13.2. The molecule has 1 aromatic carbocycles. The molecule has 1 atom stereocenters. The van der Waals surface area contributed by atoms with Crippen LogP contribution in [-0.2, 0) is 25.3 Å². The number of anilines is 1. The van der Waals surface area contributed by atoms with Crippen LogP contribution in [0, 0.1) is 0 Å². The van der Waals surface area contributed by atoms with Gasteiger partial charge < -0.3 is 33.7 Å². The summed E-state index contributed by atoms with van der Waals surface area (Å²) in [5.41, 5.74) is 3.31. The zero-order valence-corrected chi connectivity index (χ0v) is 27.2. The van der Waals surface area contributed by atoms with Gasteiger partial charge in [0.25, 0.3) is 11.8 Å². The van der Waals surface area contributed by atoms with E-state index in [1.54, 1.807) is 64.8 Å². The highest BCUT2D eigenvalue weighted by atomic mass is 16.5. The normalized spacial score (nSPS) is 15.3. The molecule has 5 rings (SSSR count).